The number of imidazole rings is 1. The van der Waals surface area contributed by atoms with Gasteiger partial charge in [0, 0.05) is 14.1 Å². The molecule has 1 aromatic heterocycles. The summed E-state index contributed by atoms with van der Waals surface area (Å²) in [5.41, 5.74) is 3.17. The van der Waals surface area contributed by atoms with Crippen LogP contribution in [0.15, 0.2) is 47.3 Å². The first-order valence-corrected chi connectivity index (χ1v) is 9.00. The highest BCUT2D eigenvalue weighted by molar-refractivity contribution is 6.47. The summed E-state index contributed by atoms with van der Waals surface area (Å²) in [4.78, 5) is 12.1. The van der Waals surface area contributed by atoms with Gasteiger partial charge in [-0.2, -0.15) is 0 Å². The fourth-order valence-corrected chi connectivity index (χ4v) is 2.80. The third-order valence-corrected chi connectivity index (χ3v) is 5.48. The van der Waals surface area contributed by atoms with Crippen LogP contribution < -0.4 is 11.2 Å². The van der Waals surface area contributed by atoms with Crippen LogP contribution in [-0.4, -0.2) is 32.9 Å². The molecular weight excluding hydrogens is 339 g/mol. The summed E-state index contributed by atoms with van der Waals surface area (Å²) in [6, 6.07) is 14.0. The fraction of sp³-hybridized carbons (Fsp3) is 0.381. The Morgan fingerprint density at radius 3 is 2.04 bits per heavy atom. The van der Waals surface area contributed by atoms with Gasteiger partial charge < -0.3 is 9.76 Å². The van der Waals surface area contributed by atoms with E-state index in [1.165, 1.54) is 0 Å². The highest BCUT2D eigenvalue weighted by atomic mass is 16.5. The lowest BCUT2D eigenvalue weighted by Crippen LogP contribution is -2.49. The van der Waals surface area contributed by atoms with Crippen molar-refractivity contribution >= 4 is 24.0 Å². The Balaban J connectivity index is 1.83. The van der Waals surface area contributed by atoms with Crippen molar-refractivity contribution in [2.75, 3.05) is 0 Å². The molecule has 0 unspecified atom stereocenters. The van der Waals surface area contributed by atoms with Crippen LogP contribution in [0.25, 0.3) is 22.2 Å². The standard InChI is InChI=1S/C21H26BN2O3/c1-20(2,26)21(3,4)27-22-16-10-7-14(8-11-16)15-9-12-17-18(13-15)24(6)19(25)23(17)5/h7-13,26H,1-6H3. The highest BCUT2D eigenvalue weighted by Gasteiger charge is 2.35. The van der Waals surface area contributed by atoms with E-state index in [0.29, 0.717) is 0 Å². The fourth-order valence-electron chi connectivity index (χ4n) is 2.80. The average Bonchev–Trinajstić information content (AvgIpc) is 2.83. The highest BCUT2D eigenvalue weighted by Crippen LogP contribution is 2.25. The van der Waals surface area contributed by atoms with Crippen LogP contribution in [0.3, 0.4) is 0 Å². The van der Waals surface area contributed by atoms with Crippen LogP contribution in [0.4, 0.5) is 0 Å². The average molecular weight is 365 g/mol. The molecule has 141 valence electrons. The molecule has 1 heterocycles. The van der Waals surface area contributed by atoms with Gasteiger partial charge in [-0.3, -0.25) is 9.13 Å². The van der Waals surface area contributed by atoms with Crippen molar-refractivity contribution in [3.05, 3.63) is 52.9 Å². The molecule has 0 bridgehead atoms. The Morgan fingerprint density at radius 1 is 0.889 bits per heavy atom. The van der Waals surface area contributed by atoms with E-state index in [-0.39, 0.29) is 5.69 Å². The Bertz CT molecular complexity index is 1020. The minimum Gasteiger partial charge on any atom is -0.427 e. The topological polar surface area (TPSA) is 56.4 Å². The molecule has 1 N–H and O–H groups in total. The number of fused-ring (bicyclic) bond motifs is 1. The number of hydrogen-bond acceptors (Lipinski definition) is 3. The van der Waals surface area contributed by atoms with Gasteiger partial charge in [0.05, 0.1) is 22.2 Å². The molecule has 0 fully saturated rings. The molecular formula is C21H26BN2O3. The number of rotatable bonds is 5. The van der Waals surface area contributed by atoms with Crippen molar-refractivity contribution in [3.8, 4) is 11.1 Å². The first-order valence-electron chi connectivity index (χ1n) is 9.00. The summed E-state index contributed by atoms with van der Waals surface area (Å²) < 4.78 is 9.11. The van der Waals surface area contributed by atoms with Crippen molar-refractivity contribution < 1.29 is 9.76 Å². The molecule has 1 radical (unpaired) electrons. The third kappa shape index (κ3) is 3.60. The van der Waals surface area contributed by atoms with E-state index in [1.54, 1.807) is 44.6 Å². The minimum absolute atomic E-state index is 0.0290. The lowest BCUT2D eigenvalue weighted by Gasteiger charge is -2.37. The molecule has 0 saturated carbocycles. The van der Waals surface area contributed by atoms with Crippen molar-refractivity contribution in [2.24, 2.45) is 14.1 Å². The SMILES string of the molecule is Cn1c(=O)n(C)c2cc(-c3ccc([B]OC(C)(C)C(C)(C)O)cc3)ccc21. The maximum absolute atomic E-state index is 12.1. The molecule has 0 atom stereocenters. The van der Waals surface area contributed by atoms with Crippen molar-refractivity contribution in [1.82, 2.24) is 9.13 Å². The monoisotopic (exact) mass is 365 g/mol. The van der Waals surface area contributed by atoms with Crippen LogP contribution in [0.1, 0.15) is 27.7 Å². The first kappa shape index (κ1) is 19.5. The Labute approximate surface area is 160 Å². The van der Waals surface area contributed by atoms with E-state index < -0.39 is 11.2 Å². The van der Waals surface area contributed by atoms with Gasteiger partial charge in [-0.05, 0) is 51.0 Å². The molecule has 0 saturated heterocycles. The smallest absolute Gasteiger partial charge is 0.330 e. The molecule has 3 rings (SSSR count). The third-order valence-electron chi connectivity index (χ3n) is 5.48. The molecule has 2 aromatic carbocycles. The van der Waals surface area contributed by atoms with Gasteiger partial charge in [-0.25, -0.2) is 4.79 Å². The van der Waals surface area contributed by atoms with Crippen molar-refractivity contribution in [1.29, 1.82) is 0 Å². The number of aromatic nitrogens is 2. The van der Waals surface area contributed by atoms with E-state index in [4.69, 9.17) is 4.65 Å². The predicted octanol–water partition coefficient (Wildman–Crippen LogP) is 2.35. The van der Waals surface area contributed by atoms with E-state index >= 15 is 0 Å². The number of hydrogen-bond donors (Lipinski definition) is 1. The van der Waals surface area contributed by atoms with Gasteiger partial charge in [0.25, 0.3) is 0 Å². The summed E-state index contributed by atoms with van der Waals surface area (Å²) in [6.07, 6.45) is 0. The maximum atomic E-state index is 12.1. The van der Waals surface area contributed by atoms with Gasteiger partial charge in [0.1, 0.15) is 0 Å². The molecule has 6 heteroatoms. The molecule has 3 aromatic rings. The molecule has 5 nitrogen and oxygen atoms in total. The first-order chi connectivity index (χ1) is 12.5. The van der Waals surface area contributed by atoms with Crippen LogP contribution in [0.2, 0.25) is 0 Å². The number of aliphatic hydroxyl groups is 1. The van der Waals surface area contributed by atoms with Gasteiger partial charge in [0.2, 0.25) is 0 Å². The van der Waals surface area contributed by atoms with Crippen molar-refractivity contribution in [3.63, 3.8) is 0 Å². The normalized spacial score (nSPS) is 12.6. The lowest BCUT2D eigenvalue weighted by atomic mass is 9.82. The minimum atomic E-state index is -0.954. The Morgan fingerprint density at radius 2 is 1.44 bits per heavy atom. The Kier molecular flexibility index (Phi) is 4.82. The van der Waals surface area contributed by atoms with E-state index in [2.05, 4.69) is 0 Å². The largest absolute Gasteiger partial charge is 0.427 e. The van der Waals surface area contributed by atoms with Gasteiger partial charge in [0.15, 0.2) is 0 Å². The van der Waals surface area contributed by atoms with E-state index in [1.807, 2.05) is 56.3 Å². The number of benzene rings is 2. The van der Waals surface area contributed by atoms with Crippen LogP contribution in [-0.2, 0) is 18.7 Å². The molecule has 27 heavy (non-hydrogen) atoms. The summed E-state index contributed by atoms with van der Waals surface area (Å²) in [6.45, 7) is 7.18. The zero-order valence-electron chi connectivity index (χ0n) is 16.8. The van der Waals surface area contributed by atoms with Gasteiger partial charge >= 0.3 is 13.2 Å². The van der Waals surface area contributed by atoms with Crippen LogP contribution >= 0.6 is 0 Å². The number of nitrogens with zero attached hydrogens (tertiary/aromatic N) is 2. The predicted molar refractivity (Wildman–Crippen MR) is 110 cm³/mol. The summed E-state index contributed by atoms with van der Waals surface area (Å²) in [7, 11) is 5.24. The lowest BCUT2D eigenvalue weighted by molar-refractivity contribution is -0.0893. The number of aryl methyl sites for hydroxylation is 2. The van der Waals surface area contributed by atoms with Crippen LogP contribution in [0, 0.1) is 0 Å². The van der Waals surface area contributed by atoms with Gasteiger partial charge in [-0.15, -0.1) is 0 Å². The van der Waals surface area contributed by atoms with Crippen molar-refractivity contribution in [2.45, 2.75) is 38.9 Å². The second-order valence-corrected chi connectivity index (χ2v) is 8.03. The maximum Gasteiger partial charge on any atom is 0.330 e. The zero-order valence-corrected chi connectivity index (χ0v) is 16.8. The molecule has 0 aliphatic heterocycles. The van der Waals surface area contributed by atoms with Gasteiger partial charge in [-0.1, -0.05) is 35.8 Å². The molecule has 0 spiro atoms. The second-order valence-electron chi connectivity index (χ2n) is 8.03. The summed E-state index contributed by atoms with van der Waals surface area (Å²) in [5.74, 6) is 0. The summed E-state index contributed by atoms with van der Waals surface area (Å²) in [5, 5.41) is 10.2. The second kappa shape index (κ2) is 6.70. The zero-order chi connectivity index (χ0) is 20.0. The molecule has 0 aliphatic carbocycles. The van der Waals surface area contributed by atoms with E-state index in [9.17, 15) is 9.90 Å². The molecule has 0 amide bonds. The quantitative estimate of drug-likeness (QED) is 0.707. The van der Waals surface area contributed by atoms with Crippen LogP contribution in [0.5, 0.6) is 0 Å². The Hall–Kier alpha value is -2.31. The summed E-state index contributed by atoms with van der Waals surface area (Å²) >= 11 is 0. The molecule has 0 aliphatic rings. The van der Waals surface area contributed by atoms with E-state index in [0.717, 1.165) is 27.6 Å².